The molecule has 26 heavy (non-hydrogen) atoms. The van der Waals surface area contributed by atoms with Crippen molar-refractivity contribution in [1.29, 1.82) is 0 Å². The van der Waals surface area contributed by atoms with Crippen LogP contribution in [-0.4, -0.2) is 40.1 Å². The predicted molar refractivity (Wildman–Crippen MR) is 98.7 cm³/mol. The van der Waals surface area contributed by atoms with E-state index in [4.69, 9.17) is 10.5 Å². The first-order valence-electron chi connectivity index (χ1n) is 8.02. The number of aryl methyl sites for hydroxylation is 2. The van der Waals surface area contributed by atoms with Crippen molar-refractivity contribution in [1.82, 2.24) is 14.6 Å². The number of pyridine rings is 1. The number of fused-ring (bicyclic) bond motifs is 1. The molecule has 0 fully saturated rings. The van der Waals surface area contributed by atoms with E-state index in [-0.39, 0.29) is 11.5 Å². The lowest BCUT2D eigenvalue weighted by molar-refractivity contribution is 0.0996. The fraction of sp³-hybridized carbons (Fsp3) is 0.294. The maximum atomic E-state index is 12.7. The molecule has 3 aromatic heterocycles. The molecule has 0 spiro atoms. The van der Waals surface area contributed by atoms with E-state index in [9.17, 15) is 9.59 Å². The molecule has 136 valence electrons. The molecule has 0 aromatic carbocycles. The Labute approximate surface area is 154 Å². The number of aromatic nitrogens is 3. The summed E-state index contributed by atoms with van der Waals surface area (Å²) in [5.41, 5.74) is 7.02. The van der Waals surface area contributed by atoms with E-state index >= 15 is 0 Å². The highest BCUT2D eigenvalue weighted by Gasteiger charge is 2.17. The van der Waals surface area contributed by atoms with Crippen molar-refractivity contribution in [3.8, 4) is 0 Å². The van der Waals surface area contributed by atoms with Crippen LogP contribution in [-0.2, 0) is 11.2 Å². The molecule has 0 aliphatic rings. The van der Waals surface area contributed by atoms with E-state index in [1.807, 2.05) is 6.20 Å². The number of primary amides is 1. The Morgan fingerprint density at radius 3 is 2.92 bits per heavy atom. The Balaban J connectivity index is 1.82. The molecule has 3 heterocycles. The van der Waals surface area contributed by atoms with Gasteiger partial charge < -0.3 is 15.8 Å². The van der Waals surface area contributed by atoms with Gasteiger partial charge in [-0.2, -0.15) is 5.10 Å². The summed E-state index contributed by atoms with van der Waals surface area (Å²) < 4.78 is 6.77. The van der Waals surface area contributed by atoms with Gasteiger partial charge >= 0.3 is 0 Å². The lowest BCUT2D eigenvalue weighted by Gasteiger charge is -2.08. The van der Waals surface area contributed by atoms with E-state index in [0.29, 0.717) is 23.6 Å². The van der Waals surface area contributed by atoms with Crippen molar-refractivity contribution >= 4 is 33.7 Å². The average Bonchev–Trinajstić information content (AvgIpc) is 3.16. The van der Waals surface area contributed by atoms with Gasteiger partial charge in [-0.15, -0.1) is 11.3 Å². The Morgan fingerprint density at radius 1 is 1.38 bits per heavy atom. The second-order valence-corrected chi connectivity index (χ2v) is 6.89. The van der Waals surface area contributed by atoms with Crippen LogP contribution < -0.4 is 11.1 Å². The minimum Gasteiger partial charge on any atom is -0.385 e. The van der Waals surface area contributed by atoms with Crippen LogP contribution in [0.1, 0.15) is 37.7 Å². The average molecular weight is 373 g/mol. The second kappa shape index (κ2) is 7.63. The summed E-state index contributed by atoms with van der Waals surface area (Å²) in [6.07, 6.45) is 6.61. The molecular formula is C17H19N5O3S. The fourth-order valence-electron chi connectivity index (χ4n) is 2.48. The zero-order valence-corrected chi connectivity index (χ0v) is 15.3. The summed E-state index contributed by atoms with van der Waals surface area (Å²) in [6, 6.07) is 1.52. The van der Waals surface area contributed by atoms with Crippen LogP contribution in [0.3, 0.4) is 0 Å². The second-order valence-electron chi connectivity index (χ2n) is 5.78. The number of nitrogens with zero attached hydrogens (tertiary/aromatic N) is 3. The standard InChI is InChI=1S/C17H19N5O3S/c1-10-14(6-11(7-19-10)15(18)23)21-16(24)13-8-20-22-9-12(26-17(13)22)4-3-5-25-2/h6-9H,3-5H2,1-2H3,(H2,18,23)(H,21,24). The molecule has 3 N–H and O–H groups in total. The third-order valence-electron chi connectivity index (χ3n) is 3.88. The van der Waals surface area contributed by atoms with E-state index in [2.05, 4.69) is 15.4 Å². The summed E-state index contributed by atoms with van der Waals surface area (Å²) in [4.78, 5) is 30.0. The molecule has 0 atom stereocenters. The molecule has 0 radical (unpaired) electrons. The lowest BCUT2D eigenvalue weighted by atomic mass is 10.2. The van der Waals surface area contributed by atoms with Crippen molar-refractivity contribution in [2.45, 2.75) is 19.8 Å². The Bertz CT molecular complexity index is 963. The van der Waals surface area contributed by atoms with Crippen LogP contribution in [0.4, 0.5) is 5.69 Å². The fourth-order valence-corrected chi connectivity index (χ4v) is 3.57. The molecule has 0 aliphatic heterocycles. The zero-order chi connectivity index (χ0) is 18.7. The molecule has 8 nitrogen and oxygen atoms in total. The van der Waals surface area contributed by atoms with Gasteiger partial charge in [-0.1, -0.05) is 0 Å². The number of methoxy groups -OCH3 is 1. The number of amides is 2. The number of carbonyl (C=O) groups excluding carboxylic acids is 2. The quantitative estimate of drug-likeness (QED) is 0.616. The van der Waals surface area contributed by atoms with E-state index in [0.717, 1.165) is 22.5 Å². The van der Waals surface area contributed by atoms with Gasteiger partial charge in [0.05, 0.1) is 28.7 Å². The van der Waals surface area contributed by atoms with Crippen LogP contribution in [0, 0.1) is 6.92 Å². The molecule has 3 aromatic rings. The smallest absolute Gasteiger partial charge is 0.260 e. The highest BCUT2D eigenvalue weighted by molar-refractivity contribution is 7.17. The first kappa shape index (κ1) is 18.0. The van der Waals surface area contributed by atoms with Crippen molar-refractivity contribution < 1.29 is 14.3 Å². The molecule has 0 bridgehead atoms. The molecule has 2 amide bonds. The number of hydrogen-bond acceptors (Lipinski definition) is 6. The summed E-state index contributed by atoms with van der Waals surface area (Å²) in [5, 5.41) is 7.03. The maximum Gasteiger partial charge on any atom is 0.260 e. The summed E-state index contributed by atoms with van der Waals surface area (Å²) in [6.45, 7) is 2.43. The lowest BCUT2D eigenvalue weighted by Crippen LogP contribution is -2.16. The van der Waals surface area contributed by atoms with E-state index < -0.39 is 5.91 Å². The predicted octanol–water partition coefficient (Wildman–Crippen LogP) is 2.03. The normalized spacial score (nSPS) is 11.0. The molecular weight excluding hydrogens is 354 g/mol. The molecule has 0 saturated heterocycles. The van der Waals surface area contributed by atoms with Gasteiger partial charge in [0.15, 0.2) is 0 Å². The van der Waals surface area contributed by atoms with Crippen molar-refractivity contribution in [3.05, 3.63) is 46.4 Å². The molecule has 0 aliphatic carbocycles. The Morgan fingerprint density at radius 2 is 2.19 bits per heavy atom. The Hall–Kier alpha value is -2.78. The monoisotopic (exact) mass is 373 g/mol. The van der Waals surface area contributed by atoms with Crippen LogP contribution in [0.2, 0.25) is 0 Å². The molecule has 0 saturated carbocycles. The van der Waals surface area contributed by atoms with Crippen molar-refractivity contribution in [2.75, 3.05) is 19.0 Å². The van der Waals surface area contributed by atoms with Gasteiger partial charge in [-0.05, 0) is 25.8 Å². The largest absolute Gasteiger partial charge is 0.385 e. The van der Waals surface area contributed by atoms with Crippen molar-refractivity contribution in [2.24, 2.45) is 5.73 Å². The summed E-state index contributed by atoms with van der Waals surface area (Å²) in [5.74, 6) is -0.906. The number of anilines is 1. The van der Waals surface area contributed by atoms with Gasteiger partial charge in [0.25, 0.3) is 5.91 Å². The van der Waals surface area contributed by atoms with Gasteiger partial charge in [0.2, 0.25) is 5.91 Å². The first-order valence-corrected chi connectivity index (χ1v) is 8.84. The molecule has 3 rings (SSSR count). The van der Waals surface area contributed by atoms with Gasteiger partial charge in [-0.25, -0.2) is 4.52 Å². The highest BCUT2D eigenvalue weighted by Crippen LogP contribution is 2.24. The zero-order valence-electron chi connectivity index (χ0n) is 14.5. The van der Waals surface area contributed by atoms with Crippen LogP contribution >= 0.6 is 11.3 Å². The number of hydrogen-bond donors (Lipinski definition) is 2. The van der Waals surface area contributed by atoms with Gasteiger partial charge in [0, 0.05) is 31.0 Å². The highest BCUT2D eigenvalue weighted by atomic mass is 32.1. The Kier molecular flexibility index (Phi) is 5.29. The number of ether oxygens (including phenoxy) is 1. The number of rotatable bonds is 7. The first-order chi connectivity index (χ1) is 12.5. The minimum atomic E-state index is -0.597. The SMILES string of the molecule is COCCCc1cn2ncc(C(=O)Nc3cc(C(N)=O)cnc3C)c2s1. The van der Waals surface area contributed by atoms with E-state index in [1.165, 1.54) is 29.8 Å². The van der Waals surface area contributed by atoms with Crippen molar-refractivity contribution in [3.63, 3.8) is 0 Å². The number of nitrogens with one attached hydrogen (secondary N) is 1. The summed E-state index contributed by atoms with van der Waals surface area (Å²) >= 11 is 1.53. The van der Waals surface area contributed by atoms with Gasteiger partial charge in [-0.3, -0.25) is 14.6 Å². The minimum absolute atomic E-state index is 0.239. The van der Waals surface area contributed by atoms with Crippen LogP contribution in [0.25, 0.3) is 4.83 Å². The number of carbonyl (C=O) groups is 2. The van der Waals surface area contributed by atoms with Crippen LogP contribution in [0.15, 0.2) is 24.7 Å². The third-order valence-corrected chi connectivity index (χ3v) is 5.05. The topological polar surface area (TPSA) is 112 Å². The molecule has 9 heteroatoms. The van der Waals surface area contributed by atoms with Gasteiger partial charge in [0.1, 0.15) is 4.83 Å². The van der Waals surface area contributed by atoms with E-state index in [1.54, 1.807) is 18.5 Å². The summed E-state index contributed by atoms with van der Waals surface area (Å²) in [7, 11) is 1.67. The number of thiazole rings is 1. The third kappa shape index (κ3) is 3.73. The molecule has 0 unspecified atom stereocenters. The van der Waals surface area contributed by atoms with Crippen LogP contribution in [0.5, 0.6) is 0 Å². The maximum absolute atomic E-state index is 12.7. The number of nitrogens with two attached hydrogens (primary N) is 1.